The maximum Gasteiger partial charge on any atom is 0.222 e. The summed E-state index contributed by atoms with van der Waals surface area (Å²) >= 11 is 0. The molecule has 0 aliphatic carbocycles. The normalized spacial score (nSPS) is 10.6. The van der Waals surface area contributed by atoms with Crippen LogP contribution in [0.2, 0.25) is 0 Å². The first-order chi connectivity index (χ1) is 9.33. The zero-order valence-electron chi connectivity index (χ0n) is 10.6. The van der Waals surface area contributed by atoms with Gasteiger partial charge in [-0.25, -0.2) is 19.9 Å². The van der Waals surface area contributed by atoms with Crippen molar-refractivity contribution >= 4 is 17.4 Å². The Morgan fingerprint density at radius 2 is 1.95 bits per heavy atom. The fourth-order valence-corrected chi connectivity index (χ4v) is 1.91. The van der Waals surface area contributed by atoms with Crippen molar-refractivity contribution in [1.29, 1.82) is 0 Å². The topological polar surface area (TPSA) is 80.0 Å². The lowest BCUT2D eigenvalue weighted by atomic mass is 10.3. The second-order valence-electron chi connectivity index (χ2n) is 3.88. The van der Waals surface area contributed by atoms with Crippen molar-refractivity contribution in [3.63, 3.8) is 0 Å². The van der Waals surface area contributed by atoms with E-state index < -0.39 is 0 Å². The number of imidazole rings is 1. The van der Waals surface area contributed by atoms with Crippen molar-refractivity contribution in [3.05, 3.63) is 30.9 Å². The van der Waals surface area contributed by atoms with Gasteiger partial charge in [-0.05, 0) is 6.07 Å². The Hall–Kier alpha value is -2.70. The molecule has 19 heavy (non-hydrogen) atoms. The molecule has 7 heteroatoms. The zero-order valence-corrected chi connectivity index (χ0v) is 10.6. The highest BCUT2D eigenvalue weighted by atomic mass is 15.1. The molecule has 0 aromatic carbocycles. The summed E-state index contributed by atoms with van der Waals surface area (Å²) in [5.41, 5.74) is 2.47. The van der Waals surface area contributed by atoms with E-state index in [0.29, 0.717) is 5.95 Å². The van der Waals surface area contributed by atoms with Crippen molar-refractivity contribution < 1.29 is 0 Å². The lowest BCUT2D eigenvalue weighted by molar-refractivity contribution is 1.10. The van der Waals surface area contributed by atoms with Gasteiger partial charge in [-0.1, -0.05) is 0 Å². The number of nitrogens with one attached hydrogen (secondary N) is 2. The van der Waals surface area contributed by atoms with Crippen molar-refractivity contribution in [2.45, 2.75) is 0 Å². The van der Waals surface area contributed by atoms with Crippen LogP contribution in [-0.4, -0.2) is 38.4 Å². The number of rotatable bonds is 3. The SMILES string of the molecule is CNc1nccc(-c2cnc3c(NC)nccn23)n1. The molecule has 3 rings (SSSR count). The van der Waals surface area contributed by atoms with Gasteiger partial charge in [-0.15, -0.1) is 0 Å². The summed E-state index contributed by atoms with van der Waals surface area (Å²) in [6, 6.07) is 1.85. The van der Waals surface area contributed by atoms with Crippen molar-refractivity contribution in [2.75, 3.05) is 24.7 Å². The fourth-order valence-electron chi connectivity index (χ4n) is 1.91. The third kappa shape index (κ3) is 1.85. The van der Waals surface area contributed by atoms with E-state index in [-0.39, 0.29) is 0 Å². The van der Waals surface area contributed by atoms with Gasteiger partial charge in [0.05, 0.1) is 17.6 Å². The van der Waals surface area contributed by atoms with Crippen LogP contribution in [0.5, 0.6) is 0 Å². The zero-order chi connectivity index (χ0) is 13.2. The molecular formula is C12H13N7. The molecule has 3 aromatic rings. The third-order valence-electron chi connectivity index (χ3n) is 2.81. The minimum absolute atomic E-state index is 0.579. The van der Waals surface area contributed by atoms with Crippen LogP contribution >= 0.6 is 0 Å². The molecule has 3 heterocycles. The second-order valence-corrected chi connectivity index (χ2v) is 3.88. The van der Waals surface area contributed by atoms with Gasteiger partial charge in [0.1, 0.15) is 0 Å². The van der Waals surface area contributed by atoms with E-state index in [1.54, 1.807) is 25.6 Å². The Morgan fingerprint density at radius 3 is 2.74 bits per heavy atom. The molecule has 96 valence electrons. The molecule has 0 aliphatic rings. The van der Waals surface area contributed by atoms with E-state index in [9.17, 15) is 0 Å². The van der Waals surface area contributed by atoms with Gasteiger partial charge in [-0.3, -0.25) is 4.40 Å². The van der Waals surface area contributed by atoms with Crippen LogP contribution in [0.4, 0.5) is 11.8 Å². The second kappa shape index (κ2) is 4.52. The maximum absolute atomic E-state index is 4.42. The van der Waals surface area contributed by atoms with Gasteiger partial charge in [0, 0.05) is 32.7 Å². The summed E-state index contributed by atoms with van der Waals surface area (Å²) in [7, 11) is 3.61. The smallest absolute Gasteiger partial charge is 0.222 e. The first-order valence-corrected chi connectivity index (χ1v) is 5.84. The van der Waals surface area contributed by atoms with Gasteiger partial charge in [0.25, 0.3) is 0 Å². The van der Waals surface area contributed by atoms with Crippen molar-refractivity contribution in [3.8, 4) is 11.4 Å². The van der Waals surface area contributed by atoms with Crippen LogP contribution in [0.3, 0.4) is 0 Å². The minimum Gasteiger partial charge on any atom is -0.370 e. The van der Waals surface area contributed by atoms with Crippen LogP contribution in [-0.2, 0) is 0 Å². The highest BCUT2D eigenvalue weighted by Crippen LogP contribution is 2.21. The molecule has 0 bridgehead atoms. The summed E-state index contributed by atoms with van der Waals surface area (Å²) in [6.07, 6.45) is 7.08. The van der Waals surface area contributed by atoms with E-state index in [1.807, 2.05) is 23.7 Å². The van der Waals surface area contributed by atoms with Crippen LogP contribution in [0.15, 0.2) is 30.9 Å². The van der Waals surface area contributed by atoms with E-state index >= 15 is 0 Å². The van der Waals surface area contributed by atoms with E-state index in [4.69, 9.17) is 0 Å². The number of hydrogen-bond donors (Lipinski definition) is 2. The number of hydrogen-bond acceptors (Lipinski definition) is 6. The number of aromatic nitrogens is 5. The largest absolute Gasteiger partial charge is 0.370 e. The summed E-state index contributed by atoms with van der Waals surface area (Å²) in [5.74, 6) is 1.31. The first-order valence-electron chi connectivity index (χ1n) is 5.84. The lowest BCUT2D eigenvalue weighted by Crippen LogP contribution is -2.00. The Labute approximate surface area is 109 Å². The van der Waals surface area contributed by atoms with Crippen molar-refractivity contribution in [2.24, 2.45) is 0 Å². The molecular weight excluding hydrogens is 242 g/mol. The predicted molar refractivity (Wildman–Crippen MR) is 73.1 cm³/mol. The molecule has 0 saturated heterocycles. The summed E-state index contributed by atoms with van der Waals surface area (Å²) in [5, 5.41) is 5.94. The molecule has 7 nitrogen and oxygen atoms in total. The first kappa shape index (κ1) is 11.4. The molecule has 0 radical (unpaired) electrons. The summed E-state index contributed by atoms with van der Waals surface area (Å²) in [4.78, 5) is 17.1. The molecule has 2 N–H and O–H groups in total. The van der Waals surface area contributed by atoms with Crippen LogP contribution in [0, 0.1) is 0 Å². The van der Waals surface area contributed by atoms with Gasteiger partial charge in [0.2, 0.25) is 5.95 Å². The number of anilines is 2. The predicted octanol–water partition coefficient (Wildman–Crippen LogP) is 1.27. The van der Waals surface area contributed by atoms with Gasteiger partial charge in [0.15, 0.2) is 11.5 Å². The standard InChI is InChI=1S/C12H13N7/c1-13-10-11-17-7-9(19(11)6-5-15-10)8-3-4-16-12(14-2)18-8/h3-7H,1-2H3,(H,13,15)(H,14,16,18). The van der Waals surface area contributed by atoms with Gasteiger partial charge >= 0.3 is 0 Å². The average Bonchev–Trinajstić information content (AvgIpc) is 2.91. The highest BCUT2D eigenvalue weighted by Gasteiger charge is 2.10. The molecule has 0 atom stereocenters. The van der Waals surface area contributed by atoms with Crippen LogP contribution < -0.4 is 10.6 Å². The quantitative estimate of drug-likeness (QED) is 0.733. The van der Waals surface area contributed by atoms with Gasteiger partial charge in [-0.2, -0.15) is 0 Å². The molecule has 0 amide bonds. The van der Waals surface area contributed by atoms with Gasteiger partial charge < -0.3 is 10.6 Å². The fraction of sp³-hybridized carbons (Fsp3) is 0.167. The Morgan fingerprint density at radius 1 is 1.05 bits per heavy atom. The Balaban J connectivity index is 2.20. The monoisotopic (exact) mass is 255 g/mol. The number of nitrogens with zero attached hydrogens (tertiary/aromatic N) is 5. The summed E-state index contributed by atoms with van der Waals surface area (Å²) < 4.78 is 1.95. The molecule has 0 aliphatic heterocycles. The molecule has 0 fully saturated rings. The average molecular weight is 255 g/mol. The van der Waals surface area contributed by atoms with E-state index in [1.165, 1.54) is 0 Å². The maximum atomic E-state index is 4.42. The van der Waals surface area contributed by atoms with Crippen LogP contribution in [0.25, 0.3) is 17.0 Å². The van der Waals surface area contributed by atoms with Crippen molar-refractivity contribution in [1.82, 2.24) is 24.3 Å². The van der Waals surface area contributed by atoms with E-state index in [0.717, 1.165) is 22.9 Å². The van der Waals surface area contributed by atoms with E-state index in [2.05, 4.69) is 30.6 Å². The molecule has 0 saturated carbocycles. The molecule has 3 aromatic heterocycles. The molecule has 0 spiro atoms. The minimum atomic E-state index is 0.579. The lowest BCUT2D eigenvalue weighted by Gasteiger charge is -2.04. The summed E-state index contributed by atoms with van der Waals surface area (Å²) in [6.45, 7) is 0. The highest BCUT2D eigenvalue weighted by molar-refractivity contribution is 5.69. The molecule has 0 unspecified atom stereocenters. The number of fused-ring (bicyclic) bond motifs is 1. The van der Waals surface area contributed by atoms with Crippen LogP contribution in [0.1, 0.15) is 0 Å². The Kier molecular flexibility index (Phi) is 2.71. The third-order valence-corrected chi connectivity index (χ3v) is 2.81. The Bertz CT molecular complexity index is 719.